The lowest BCUT2D eigenvalue weighted by Gasteiger charge is -2.17. The summed E-state index contributed by atoms with van der Waals surface area (Å²) < 4.78 is 6.85. The van der Waals surface area contributed by atoms with Gasteiger partial charge in [0.15, 0.2) is 5.16 Å². The zero-order chi connectivity index (χ0) is 18.0. The van der Waals surface area contributed by atoms with Crippen LogP contribution in [0.2, 0.25) is 0 Å². The molecule has 1 aromatic heterocycles. The van der Waals surface area contributed by atoms with Crippen LogP contribution in [-0.2, 0) is 4.79 Å². The summed E-state index contributed by atoms with van der Waals surface area (Å²) in [5.41, 5.74) is 6.28. The van der Waals surface area contributed by atoms with Crippen molar-refractivity contribution >= 4 is 28.6 Å². The minimum absolute atomic E-state index is 0.228. The van der Waals surface area contributed by atoms with Gasteiger partial charge in [-0.2, -0.15) is 0 Å². The van der Waals surface area contributed by atoms with E-state index in [-0.39, 0.29) is 5.56 Å². The highest BCUT2D eigenvalue weighted by molar-refractivity contribution is 8.00. The van der Waals surface area contributed by atoms with Gasteiger partial charge in [0, 0.05) is 0 Å². The number of nitrogens with two attached hydrogens (primary N) is 1. The first-order chi connectivity index (χ1) is 12.0. The Balaban J connectivity index is 2.32. The highest BCUT2D eigenvalue weighted by atomic mass is 32.2. The van der Waals surface area contributed by atoms with E-state index in [1.807, 2.05) is 18.2 Å². The highest BCUT2D eigenvalue weighted by Gasteiger charge is 2.20. The van der Waals surface area contributed by atoms with Crippen molar-refractivity contribution in [1.29, 1.82) is 0 Å². The molecule has 1 heterocycles. The SMILES string of the molecule is COc1ccccc1-n1c(S[C@H](C)C(N)=O)nc2ccccc2c1=O. The Morgan fingerprint density at radius 3 is 2.60 bits per heavy atom. The van der Waals surface area contributed by atoms with Crippen molar-refractivity contribution in [3.63, 3.8) is 0 Å². The number of hydrogen-bond acceptors (Lipinski definition) is 5. The fraction of sp³-hybridized carbons (Fsp3) is 0.167. The fourth-order valence-corrected chi connectivity index (χ4v) is 3.30. The van der Waals surface area contributed by atoms with E-state index < -0.39 is 11.2 Å². The van der Waals surface area contributed by atoms with Gasteiger partial charge in [-0.15, -0.1) is 0 Å². The maximum atomic E-state index is 13.1. The second kappa shape index (κ2) is 6.98. The van der Waals surface area contributed by atoms with Crippen molar-refractivity contribution < 1.29 is 9.53 Å². The Bertz CT molecular complexity index is 1000. The number of benzene rings is 2. The van der Waals surface area contributed by atoms with Gasteiger partial charge in [0.1, 0.15) is 5.75 Å². The molecule has 1 atom stereocenters. The zero-order valence-electron chi connectivity index (χ0n) is 13.8. The number of amides is 1. The molecule has 0 aliphatic carbocycles. The number of aromatic nitrogens is 2. The number of carbonyl (C=O) groups excluding carboxylic acids is 1. The molecule has 0 saturated heterocycles. The van der Waals surface area contributed by atoms with E-state index in [1.165, 1.54) is 11.7 Å². The van der Waals surface area contributed by atoms with Crippen LogP contribution in [-0.4, -0.2) is 27.8 Å². The molecule has 0 aliphatic heterocycles. The quantitative estimate of drug-likeness (QED) is 0.561. The number of fused-ring (bicyclic) bond motifs is 1. The lowest BCUT2D eigenvalue weighted by molar-refractivity contribution is -0.117. The number of carbonyl (C=O) groups is 1. The van der Waals surface area contributed by atoms with Crippen molar-refractivity contribution in [3.05, 3.63) is 58.9 Å². The molecule has 0 saturated carbocycles. The second-order valence-corrected chi connectivity index (χ2v) is 6.69. The number of primary amides is 1. The van der Waals surface area contributed by atoms with E-state index >= 15 is 0 Å². The maximum absolute atomic E-state index is 13.1. The van der Waals surface area contributed by atoms with E-state index in [9.17, 15) is 9.59 Å². The normalized spacial score (nSPS) is 12.1. The summed E-state index contributed by atoms with van der Waals surface area (Å²) in [5.74, 6) is 0.0641. The molecule has 2 N–H and O–H groups in total. The number of nitrogens with zero attached hydrogens (tertiary/aromatic N) is 2. The Morgan fingerprint density at radius 1 is 1.20 bits per heavy atom. The van der Waals surface area contributed by atoms with Crippen molar-refractivity contribution in [2.45, 2.75) is 17.3 Å². The topological polar surface area (TPSA) is 87.2 Å². The Morgan fingerprint density at radius 2 is 1.88 bits per heavy atom. The van der Waals surface area contributed by atoms with E-state index in [0.717, 1.165) is 11.8 Å². The van der Waals surface area contributed by atoms with Gasteiger partial charge in [0.2, 0.25) is 5.91 Å². The molecule has 0 unspecified atom stereocenters. The van der Waals surface area contributed by atoms with Gasteiger partial charge >= 0.3 is 0 Å². The zero-order valence-corrected chi connectivity index (χ0v) is 14.6. The summed E-state index contributed by atoms with van der Waals surface area (Å²) >= 11 is 1.14. The number of methoxy groups -OCH3 is 1. The largest absolute Gasteiger partial charge is 0.495 e. The standard InChI is InChI=1S/C18H17N3O3S/c1-11(16(19)22)25-18-20-13-8-4-3-7-12(13)17(23)21(18)14-9-5-6-10-15(14)24-2/h3-11H,1-2H3,(H2,19,22)/t11-/m1/s1. The molecule has 3 rings (SSSR count). The van der Waals surface area contributed by atoms with E-state index in [4.69, 9.17) is 10.5 Å². The predicted octanol–water partition coefficient (Wildman–Crippen LogP) is 2.36. The highest BCUT2D eigenvalue weighted by Crippen LogP contribution is 2.28. The number of thioether (sulfide) groups is 1. The monoisotopic (exact) mass is 355 g/mol. The van der Waals surface area contributed by atoms with Crippen LogP contribution in [0.4, 0.5) is 0 Å². The number of para-hydroxylation sites is 3. The molecule has 0 aliphatic rings. The molecular weight excluding hydrogens is 338 g/mol. The second-order valence-electron chi connectivity index (χ2n) is 5.39. The van der Waals surface area contributed by atoms with Gasteiger partial charge in [-0.3, -0.25) is 14.2 Å². The van der Waals surface area contributed by atoms with Crippen LogP contribution in [0.15, 0.2) is 58.5 Å². The van der Waals surface area contributed by atoms with Gasteiger partial charge in [0.05, 0.1) is 29.0 Å². The Labute approximate surface area is 148 Å². The van der Waals surface area contributed by atoms with E-state index in [0.29, 0.717) is 27.5 Å². The molecule has 3 aromatic rings. The number of hydrogen-bond donors (Lipinski definition) is 1. The number of ether oxygens (including phenoxy) is 1. The van der Waals surface area contributed by atoms with Crippen molar-refractivity contribution in [2.75, 3.05) is 7.11 Å². The van der Waals surface area contributed by atoms with Gasteiger partial charge in [-0.1, -0.05) is 36.0 Å². The molecule has 6 nitrogen and oxygen atoms in total. The third-order valence-corrected chi connectivity index (χ3v) is 4.82. The van der Waals surface area contributed by atoms with Gasteiger partial charge < -0.3 is 10.5 Å². The minimum Gasteiger partial charge on any atom is -0.495 e. The summed E-state index contributed by atoms with van der Waals surface area (Å²) in [7, 11) is 1.54. The average molecular weight is 355 g/mol. The van der Waals surface area contributed by atoms with Crippen molar-refractivity contribution in [3.8, 4) is 11.4 Å². The van der Waals surface area contributed by atoms with Crippen molar-refractivity contribution in [1.82, 2.24) is 9.55 Å². The molecule has 0 fully saturated rings. The predicted molar refractivity (Wildman–Crippen MR) is 98.4 cm³/mol. The molecule has 0 radical (unpaired) electrons. The first-order valence-electron chi connectivity index (χ1n) is 7.64. The summed E-state index contributed by atoms with van der Waals surface area (Å²) in [6, 6.07) is 14.3. The van der Waals surface area contributed by atoms with Gasteiger partial charge in [0.25, 0.3) is 5.56 Å². The lowest BCUT2D eigenvalue weighted by atomic mass is 10.2. The van der Waals surface area contributed by atoms with Crippen LogP contribution in [0.3, 0.4) is 0 Å². The Hall–Kier alpha value is -2.80. The smallest absolute Gasteiger partial charge is 0.266 e. The molecule has 7 heteroatoms. The maximum Gasteiger partial charge on any atom is 0.266 e. The fourth-order valence-electron chi connectivity index (χ4n) is 2.43. The third-order valence-electron chi connectivity index (χ3n) is 3.75. The first kappa shape index (κ1) is 17.0. The van der Waals surface area contributed by atoms with Crippen LogP contribution in [0.1, 0.15) is 6.92 Å². The molecule has 128 valence electrons. The summed E-state index contributed by atoms with van der Waals surface area (Å²) in [6.07, 6.45) is 0. The summed E-state index contributed by atoms with van der Waals surface area (Å²) in [6.45, 7) is 1.68. The van der Waals surface area contributed by atoms with Gasteiger partial charge in [-0.05, 0) is 31.2 Å². The molecule has 25 heavy (non-hydrogen) atoms. The van der Waals surface area contributed by atoms with Crippen LogP contribution in [0.5, 0.6) is 5.75 Å². The first-order valence-corrected chi connectivity index (χ1v) is 8.52. The molecule has 0 bridgehead atoms. The van der Waals surface area contributed by atoms with Crippen LogP contribution >= 0.6 is 11.8 Å². The molecule has 0 spiro atoms. The Kier molecular flexibility index (Phi) is 4.76. The average Bonchev–Trinajstić information content (AvgIpc) is 2.62. The third kappa shape index (κ3) is 3.23. The molecule has 2 aromatic carbocycles. The molecular formula is C18H17N3O3S. The molecule has 1 amide bonds. The van der Waals surface area contributed by atoms with Crippen LogP contribution in [0, 0.1) is 0 Å². The number of rotatable bonds is 5. The summed E-state index contributed by atoms with van der Waals surface area (Å²) in [4.78, 5) is 29.2. The summed E-state index contributed by atoms with van der Waals surface area (Å²) in [5, 5.41) is 0.345. The van der Waals surface area contributed by atoms with Crippen molar-refractivity contribution in [2.24, 2.45) is 5.73 Å². The van der Waals surface area contributed by atoms with Crippen LogP contribution < -0.4 is 16.0 Å². The van der Waals surface area contributed by atoms with E-state index in [1.54, 1.807) is 37.3 Å². The van der Waals surface area contributed by atoms with E-state index in [2.05, 4.69) is 4.98 Å². The van der Waals surface area contributed by atoms with Crippen LogP contribution in [0.25, 0.3) is 16.6 Å². The minimum atomic E-state index is -0.533. The lowest BCUT2D eigenvalue weighted by Crippen LogP contribution is -2.26. The van der Waals surface area contributed by atoms with Gasteiger partial charge in [-0.25, -0.2) is 4.98 Å².